The minimum atomic E-state index is -0.881. The highest BCUT2D eigenvalue weighted by atomic mass is 79.9. The molecule has 0 saturated carbocycles. The van der Waals surface area contributed by atoms with Gasteiger partial charge >= 0.3 is 5.97 Å². The Hall–Kier alpha value is -0.430. The lowest BCUT2D eigenvalue weighted by atomic mass is 10.2. The van der Waals surface area contributed by atoms with Gasteiger partial charge < -0.3 is 5.11 Å². The van der Waals surface area contributed by atoms with Crippen LogP contribution < -0.4 is 0 Å². The van der Waals surface area contributed by atoms with Crippen LogP contribution >= 0.6 is 54.5 Å². The van der Waals surface area contributed by atoms with Crippen molar-refractivity contribution >= 4 is 80.7 Å². The van der Waals surface area contributed by atoms with Crippen molar-refractivity contribution in [1.29, 1.82) is 0 Å². The summed E-state index contributed by atoms with van der Waals surface area (Å²) >= 11 is 10.1. The number of fused-ring (bicyclic) bond motifs is 2. The molecular formula is C11H4Br2O2S2. The monoisotopic (exact) mass is 390 g/mol. The summed E-state index contributed by atoms with van der Waals surface area (Å²) < 4.78 is 4.06. The molecule has 0 radical (unpaired) electrons. The molecule has 0 aliphatic rings. The molecule has 0 aliphatic carbocycles. The van der Waals surface area contributed by atoms with E-state index in [9.17, 15) is 4.79 Å². The Labute approximate surface area is 121 Å². The molecule has 0 unspecified atom stereocenters. The average Bonchev–Trinajstić information content (AvgIpc) is 2.92. The maximum absolute atomic E-state index is 11.0. The number of carboxylic acid groups (broad SMARTS) is 1. The molecule has 2 heterocycles. The van der Waals surface area contributed by atoms with Crippen molar-refractivity contribution in [1.82, 2.24) is 0 Å². The molecule has 3 rings (SSSR count). The zero-order valence-corrected chi connectivity index (χ0v) is 13.0. The molecule has 1 N–H and O–H groups in total. The summed E-state index contributed by atoms with van der Waals surface area (Å²) in [7, 11) is 0. The van der Waals surface area contributed by atoms with Crippen LogP contribution in [0.2, 0.25) is 0 Å². The van der Waals surface area contributed by atoms with Crippen molar-refractivity contribution in [2.24, 2.45) is 0 Å². The second kappa shape index (κ2) is 4.05. The molecule has 0 bridgehead atoms. The van der Waals surface area contributed by atoms with Gasteiger partial charge in [0.2, 0.25) is 0 Å². The van der Waals surface area contributed by atoms with E-state index in [2.05, 4.69) is 31.9 Å². The van der Waals surface area contributed by atoms with E-state index in [4.69, 9.17) is 5.11 Å². The average molecular weight is 392 g/mol. The predicted molar refractivity (Wildman–Crippen MR) is 79.6 cm³/mol. The first-order valence-electron chi connectivity index (χ1n) is 4.60. The third-order valence-electron chi connectivity index (χ3n) is 2.48. The van der Waals surface area contributed by atoms with Gasteiger partial charge in [-0.3, -0.25) is 0 Å². The van der Waals surface area contributed by atoms with Gasteiger partial charge in [0, 0.05) is 19.7 Å². The number of halogens is 2. The van der Waals surface area contributed by atoms with Crippen LogP contribution in [0.5, 0.6) is 0 Å². The second-order valence-electron chi connectivity index (χ2n) is 3.45. The molecule has 3 aromatic rings. The Balaban J connectivity index is 2.53. The van der Waals surface area contributed by atoms with Crippen molar-refractivity contribution < 1.29 is 9.90 Å². The van der Waals surface area contributed by atoms with Crippen molar-refractivity contribution in [2.45, 2.75) is 0 Å². The number of thiophene rings is 2. The van der Waals surface area contributed by atoms with Crippen molar-refractivity contribution in [3.05, 3.63) is 31.3 Å². The standard InChI is InChI=1S/C11H4Br2O2S2/c12-7-4-1-2-16-9(4)8(13)5-3-6(11(14)15)17-10(5)7/h1-3H,(H,14,15). The number of aromatic carboxylic acids is 1. The van der Waals surface area contributed by atoms with Crippen molar-refractivity contribution in [3.8, 4) is 0 Å². The minimum absolute atomic E-state index is 0.360. The summed E-state index contributed by atoms with van der Waals surface area (Å²) in [5.41, 5.74) is 0. The molecule has 86 valence electrons. The Bertz CT molecular complexity index is 704. The molecule has 2 nitrogen and oxygen atoms in total. The molecule has 1 aromatic carbocycles. The third-order valence-corrected chi connectivity index (χ3v) is 6.72. The van der Waals surface area contributed by atoms with Crippen molar-refractivity contribution in [3.63, 3.8) is 0 Å². The molecule has 6 heteroatoms. The Morgan fingerprint density at radius 3 is 2.59 bits per heavy atom. The Morgan fingerprint density at radius 1 is 1.18 bits per heavy atom. The Kier molecular flexibility index (Phi) is 2.77. The maximum atomic E-state index is 11.0. The molecule has 0 saturated heterocycles. The molecule has 0 fully saturated rings. The summed E-state index contributed by atoms with van der Waals surface area (Å²) in [6, 6.07) is 3.75. The molecule has 0 spiro atoms. The number of carbonyl (C=O) groups is 1. The van der Waals surface area contributed by atoms with Gasteiger partial charge in [0.05, 0.1) is 9.40 Å². The number of carboxylic acids is 1. The van der Waals surface area contributed by atoms with Crippen LogP contribution in [0.25, 0.3) is 20.2 Å². The first-order chi connectivity index (χ1) is 8.09. The zero-order valence-electron chi connectivity index (χ0n) is 8.16. The third kappa shape index (κ3) is 1.66. The number of hydrogen-bond acceptors (Lipinski definition) is 3. The molecule has 0 atom stereocenters. The fraction of sp³-hybridized carbons (Fsp3) is 0. The lowest BCUT2D eigenvalue weighted by Gasteiger charge is -2.00. The maximum Gasteiger partial charge on any atom is 0.345 e. The Morgan fingerprint density at radius 2 is 1.88 bits per heavy atom. The highest BCUT2D eigenvalue weighted by Gasteiger charge is 2.17. The van der Waals surface area contributed by atoms with Gasteiger partial charge in [-0.25, -0.2) is 4.79 Å². The molecule has 17 heavy (non-hydrogen) atoms. The minimum Gasteiger partial charge on any atom is -0.477 e. The van der Waals surface area contributed by atoms with E-state index in [1.54, 1.807) is 17.4 Å². The molecule has 0 aliphatic heterocycles. The van der Waals surface area contributed by atoms with Gasteiger partial charge in [-0.1, -0.05) is 0 Å². The summed E-state index contributed by atoms with van der Waals surface area (Å²) in [6.45, 7) is 0. The van der Waals surface area contributed by atoms with Crippen LogP contribution in [0, 0.1) is 0 Å². The van der Waals surface area contributed by atoms with Crippen LogP contribution in [0.1, 0.15) is 9.67 Å². The normalized spacial score (nSPS) is 11.4. The van der Waals surface area contributed by atoms with Gasteiger partial charge in [0.15, 0.2) is 0 Å². The zero-order chi connectivity index (χ0) is 12.2. The van der Waals surface area contributed by atoms with Crippen molar-refractivity contribution in [2.75, 3.05) is 0 Å². The lowest BCUT2D eigenvalue weighted by Crippen LogP contribution is -1.89. The van der Waals surface area contributed by atoms with Crippen LogP contribution in [0.15, 0.2) is 26.5 Å². The van der Waals surface area contributed by atoms with Crippen LogP contribution in [0.3, 0.4) is 0 Å². The van der Waals surface area contributed by atoms with E-state index in [1.165, 1.54) is 11.3 Å². The van der Waals surface area contributed by atoms with Gasteiger partial charge in [0.25, 0.3) is 0 Å². The van der Waals surface area contributed by atoms with Gasteiger partial charge in [-0.15, -0.1) is 22.7 Å². The fourth-order valence-electron chi connectivity index (χ4n) is 1.72. The SMILES string of the molecule is O=C(O)c1cc2c(Br)c3sccc3c(Br)c2s1. The summed E-state index contributed by atoms with van der Waals surface area (Å²) in [5.74, 6) is -0.881. The first kappa shape index (κ1) is 11.6. The van der Waals surface area contributed by atoms with Crippen LogP contribution in [0.4, 0.5) is 0 Å². The largest absolute Gasteiger partial charge is 0.477 e. The van der Waals surface area contributed by atoms with Crippen LogP contribution in [-0.4, -0.2) is 11.1 Å². The first-order valence-corrected chi connectivity index (χ1v) is 7.89. The van der Waals surface area contributed by atoms with E-state index >= 15 is 0 Å². The molecule has 0 amide bonds. The van der Waals surface area contributed by atoms with Gasteiger partial charge in [-0.2, -0.15) is 0 Å². The molecule has 2 aromatic heterocycles. The summed E-state index contributed by atoms with van der Waals surface area (Å²) in [5, 5.41) is 13.1. The smallest absolute Gasteiger partial charge is 0.345 e. The lowest BCUT2D eigenvalue weighted by molar-refractivity contribution is 0.0702. The topological polar surface area (TPSA) is 37.3 Å². The van der Waals surface area contributed by atoms with E-state index in [-0.39, 0.29) is 0 Å². The van der Waals surface area contributed by atoms with Gasteiger partial charge in [-0.05, 0) is 49.4 Å². The van der Waals surface area contributed by atoms with Gasteiger partial charge in [0.1, 0.15) is 4.88 Å². The van der Waals surface area contributed by atoms with E-state index in [0.29, 0.717) is 4.88 Å². The predicted octanol–water partition coefficient (Wildman–Crippen LogP) is 5.34. The quantitative estimate of drug-likeness (QED) is 0.607. The highest BCUT2D eigenvalue weighted by molar-refractivity contribution is 9.11. The molecular weight excluding hydrogens is 388 g/mol. The summed E-state index contributed by atoms with van der Waals surface area (Å²) in [4.78, 5) is 11.4. The van der Waals surface area contributed by atoms with Crippen LogP contribution in [-0.2, 0) is 0 Å². The van der Waals surface area contributed by atoms with E-state index < -0.39 is 5.97 Å². The van der Waals surface area contributed by atoms with E-state index in [0.717, 1.165) is 29.1 Å². The number of hydrogen-bond donors (Lipinski definition) is 1. The number of rotatable bonds is 1. The highest BCUT2D eigenvalue weighted by Crippen LogP contribution is 2.45. The summed E-state index contributed by atoms with van der Waals surface area (Å²) in [6.07, 6.45) is 0. The van der Waals surface area contributed by atoms with E-state index in [1.807, 2.05) is 11.4 Å². The fourth-order valence-corrected chi connectivity index (χ4v) is 5.38. The number of benzene rings is 1. The second-order valence-corrected chi connectivity index (χ2v) is 7.00.